The summed E-state index contributed by atoms with van der Waals surface area (Å²) in [6, 6.07) is 5.80. The Morgan fingerprint density at radius 2 is 2.25 bits per heavy atom. The molecule has 4 heteroatoms. The van der Waals surface area contributed by atoms with Crippen molar-refractivity contribution < 1.29 is 9.90 Å². The summed E-state index contributed by atoms with van der Waals surface area (Å²) in [4.78, 5) is 13.5. The molecule has 16 heavy (non-hydrogen) atoms. The Hall–Kier alpha value is -0.870. The Morgan fingerprint density at radius 3 is 2.94 bits per heavy atom. The highest BCUT2D eigenvalue weighted by Gasteiger charge is 2.26. The van der Waals surface area contributed by atoms with Gasteiger partial charge in [-0.3, -0.25) is 4.79 Å². The van der Waals surface area contributed by atoms with Crippen molar-refractivity contribution in [2.24, 2.45) is 0 Å². The maximum atomic E-state index is 11.8. The van der Waals surface area contributed by atoms with Gasteiger partial charge in [0, 0.05) is 16.6 Å². The smallest absolute Gasteiger partial charge is 0.227 e. The van der Waals surface area contributed by atoms with Gasteiger partial charge in [-0.25, -0.2) is 0 Å². The topological polar surface area (TPSA) is 40.5 Å². The molecule has 1 saturated heterocycles. The first kappa shape index (κ1) is 11.6. The molecule has 1 N–H and O–H groups in total. The van der Waals surface area contributed by atoms with Crippen LogP contribution in [0.15, 0.2) is 22.7 Å². The third kappa shape index (κ3) is 2.28. The number of aliphatic hydroxyl groups is 1. The Balaban J connectivity index is 2.31. The molecule has 3 nitrogen and oxygen atoms in total. The first-order chi connectivity index (χ1) is 7.58. The highest BCUT2D eigenvalue weighted by molar-refractivity contribution is 9.10. The van der Waals surface area contributed by atoms with Gasteiger partial charge in [0.25, 0.3) is 0 Å². The van der Waals surface area contributed by atoms with Crippen molar-refractivity contribution >= 4 is 27.5 Å². The van der Waals surface area contributed by atoms with Crippen LogP contribution in [0.2, 0.25) is 0 Å². The van der Waals surface area contributed by atoms with Crippen LogP contribution in [-0.4, -0.2) is 23.7 Å². The number of carbonyl (C=O) groups is 1. The largest absolute Gasteiger partial charge is 0.391 e. The van der Waals surface area contributed by atoms with Crippen LogP contribution in [0, 0.1) is 6.92 Å². The van der Waals surface area contributed by atoms with Crippen LogP contribution < -0.4 is 4.90 Å². The zero-order valence-corrected chi connectivity index (χ0v) is 10.7. The fourth-order valence-electron chi connectivity index (χ4n) is 1.98. The van der Waals surface area contributed by atoms with Gasteiger partial charge in [-0.2, -0.15) is 0 Å². The van der Waals surface area contributed by atoms with Crippen molar-refractivity contribution in [2.45, 2.75) is 25.9 Å². The second-order valence-corrected chi connectivity index (χ2v) is 5.04. The second-order valence-electron chi connectivity index (χ2n) is 4.13. The Labute approximate surface area is 103 Å². The van der Waals surface area contributed by atoms with Gasteiger partial charge in [-0.1, -0.05) is 15.9 Å². The van der Waals surface area contributed by atoms with Crippen LogP contribution in [-0.2, 0) is 4.79 Å². The van der Waals surface area contributed by atoms with Crippen LogP contribution in [0.25, 0.3) is 0 Å². The lowest BCUT2D eigenvalue weighted by Crippen LogP contribution is -2.42. The predicted molar refractivity (Wildman–Crippen MR) is 66.5 cm³/mol. The Morgan fingerprint density at radius 1 is 1.50 bits per heavy atom. The van der Waals surface area contributed by atoms with Crippen molar-refractivity contribution in [3.05, 3.63) is 28.2 Å². The lowest BCUT2D eigenvalue weighted by molar-refractivity contribution is -0.121. The van der Waals surface area contributed by atoms with E-state index in [1.54, 1.807) is 4.90 Å². The summed E-state index contributed by atoms with van der Waals surface area (Å²) in [7, 11) is 0. The van der Waals surface area contributed by atoms with Gasteiger partial charge >= 0.3 is 0 Å². The summed E-state index contributed by atoms with van der Waals surface area (Å²) >= 11 is 3.39. The average Bonchev–Trinajstić information content (AvgIpc) is 2.22. The van der Waals surface area contributed by atoms with E-state index in [1.807, 2.05) is 25.1 Å². The average molecular weight is 284 g/mol. The molecule has 1 unspecified atom stereocenters. The summed E-state index contributed by atoms with van der Waals surface area (Å²) < 4.78 is 0.999. The molecule has 1 aromatic carbocycles. The van der Waals surface area contributed by atoms with Gasteiger partial charge in [-0.15, -0.1) is 0 Å². The Bertz CT molecular complexity index is 419. The molecule has 0 saturated carbocycles. The van der Waals surface area contributed by atoms with Crippen LogP contribution >= 0.6 is 15.9 Å². The van der Waals surface area contributed by atoms with E-state index in [0.717, 1.165) is 15.7 Å². The van der Waals surface area contributed by atoms with Crippen molar-refractivity contribution in [3.63, 3.8) is 0 Å². The first-order valence-corrected chi connectivity index (χ1v) is 6.12. The molecule has 0 aliphatic carbocycles. The summed E-state index contributed by atoms with van der Waals surface area (Å²) in [6.07, 6.45) is 0.599. The number of aryl methyl sites for hydroxylation is 1. The van der Waals surface area contributed by atoms with E-state index in [2.05, 4.69) is 15.9 Å². The molecular formula is C12H14BrNO2. The third-order valence-electron chi connectivity index (χ3n) is 2.84. The monoisotopic (exact) mass is 283 g/mol. The third-order valence-corrected chi connectivity index (χ3v) is 3.33. The molecule has 1 aliphatic rings. The maximum Gasteiger partial charge on any atom is 0.227 e. The Kier molecular flexibility index (Phi) is 3.30. The molecule has 0 spiro atoms. The van der Waals surface area contributed by atoms with E-state index in [9.17, 15) is 9.90 Å². The van der Waals surface area contributed by atoms with Gasteiger partial charge in [-0.05, 0) is 37.1 Å². The number of amides is 1. The summed E-state index contributed by atoms with van der Waals surface area (Å²) in [5, 5.41) is 9.60. The SMILES string of the molecule is Cc1cc(Br)ccc1N1CC(O)CCC1=O. The number of piperidine rings is 1. The first-order valence-electron chi connectivity index (χ1n) is 5.32. The van der Waals surface area contributed by atoms with E-state index < -0.39 is 6.10 Å². The minimum Gasteiger partial charge on any atom is -0.391 e. The van der Waals surface area contributed by atoms with Crippen molar-refractivity contribution in [3.8, 4) is 0 Å². The lowest BCUT2D eigenvalue weighted by atomic mass is 10.1. The molecule has 1 atom stereocenters. The van der Waals surface area contributed by atoms with Crippen molar-refractivity contribution in [2.75, 3.05) is 11.4 Å². The van der Waals surface area contributed by atoms with Crippen LogP contribution in [0.3, 0.4) is 0 Å². The van der Waals surface area contributed by atoms with E-state index >= 15 is 0 Å². The molecule has 2 rings (SSSR count). The minimum atomic E-state index is -0.402. The number of nitrogens with zero attached hydrogens (tertiary/aromatic N) is 1. The number of anilines is 1. The van der Waals surface area contributed by atoms with Gasteiger partial charge in [0.2, 0.25) is 5.91 Å². The zero-order valence-electron chi connectivity index (χ0n) is 9.11. The molecule has 1 aromatic rings. The minimum absolute atomic E-state index is 0.0933. The molecule has 1 amide bonds. The maximum absolute atomic E-state index is 11.8. The molecule has 1 heterocycles. The number of halogens is 1. The van der Waals surface area contributed by atoms with E-state index in [4.69, 9.17) is 0 Å². The number of β-amino-alcohol motifs (C(OH)–C–C–N with tert-alkyl or cyclic N) is 1. The number of aliphatic hydroxyl groups excluding tert-OH is 1. The highest BCUT2D eigenvalue weighted by atomic mass is 79.9. The van der Waals surface area contributed by atoms with Crippen LogP contribution in [0.5, 0.6) is 0 Å². The number of hydrogen-bond acceptors (Lipinski definition) is 2. The zero-order chi connectivity index (χ0) is 11.7. The van der Waals surface area contributed by atoms with Gasteiger partial charge < -0.3 is 10.0 Å². The molecule has 1 fully saturated rings. The van der Waals surface area contributed by atoms with E-state index in [0.29, 0.717) is 19.4 Å². The molecule has 0 bridgehead atoms. The van der Waals surface area contributed by atoms with Crippen LogP contribution in [0.1, 0.15) is 18.4 Å². The fraction of sp³-hybridized carbons (Fsp3) is 0.417. The van der Waals surface area contributed by atoms with Crippen molar-refractivity contribution in [1.29, 1.82) is 0 Å². The normalized spacial score (nSPS) is 21.3. The van der Waals surface area contributed by atoms with Crippen LogP contribution in [0.4, 0.5) is 5.69 Å². The quantitative estimate of drug-likeness (QED) is 0.859. The lowest BCUT2D eigenvalue weighted by Gasteiger charge is -2.31. The molecular weight excluding hydrogens is 270 g/mol. The number of carbonyl (C=O) groups excluding carboxylic acids is 1. The number of hydrogen-bond donors (Lipinski definition) is 1. The van der Waals surface area contributed by atoms with Crippen molar-refractivity contribution in [1.82, 2.24) is 0 Å². The fourth-order valence-corrected chi connectivity index (χ4v) is 2.46. The highest BCUT2D eigenvalue weighted by Crippen LogP contribution is 2.27. The predicted octanol–water partition coefficient (Wildman–Crippen LogP) is 2.25. The number of benzene rings is 1. The second kappa shape index (κ2) is 4.55. The summed E-state index contributed by atoms with van der Waals surface area (Å²) in [5.41, 5.74) is 1.93. The van der Waals surface area contributed by atoms with E-state index in [1.165, 1.54) is 0 Å². The molecule has 0 radical (unpaired) electrons. The standard InChI is InChI=1S/C12H14BrNO2/c1-8-6-9(13)2-4-11(8)14-7-10(15)3-5-12(14)16/h2,4,6,10,15H,3,5,7H2,1H3. The van der Waals surface area contributed by atoms with E-state index in [-0.39, 0.29) is 5.91 Å². The van der Waals surface area contributed by atoms with Gasteiger partial charge in [0.15, 0.2) is 0 Å². The summed E-state index contributed by atoms with van der Waals surface area (Å²) in [5.74, 6) is 0.0933. The van der Waals surface area contributed by atoms with Gasteiger partial charge in [0.1, 0.15) is 0 Å². The molecule has 86 valence electrons. The number of rotatable bonds is 1. The van der Waals surface area contributed by atoms with Gasteiger partial charge in [0.05, 0.1) is 12.6 Å². The molecule has 0 aromatic heterocycles. The summed E-state index contributed by atoms with van der Waals surface area (Å²) in [6.45, 7) is 2.37. The molecule has 1 aliphatic heterocycles.